The third-order valence-electron chi connectivity index (χ3n) is 7.40. The van der Waals surface area contributed by atoms with Gasteiger partial charge in [0.15, 0.2) is 5.78 Å². The zero-order valence-corrected chi connectivity index (χ0v) is 23.5. The van der Waals surface area contributed by atoms with Gasteiger partial charge in [-0.1, -0.05) is 0 Å². The Bertz CT molecular complexity index is 904. The summed E-state index contributed by atoms with van der Waals surface area (Å²) < 4.78 is 0. The number of hydrogen-bond acceptors (Lipinski definition) is 11. The molecule has 2 aromatic rings. The summed E-state index contributed by atoms with van der Waals surface area (Å²) in [5, 5.41) is 24.4. The Labute approximate surface area is 222 Å². The van der Waals surface area contributed by atoms with E-state index in [1.54, 1.807) is 0 Å². The first-order valence-electron chi connectivity index (χ1n) is 12.9. The highest BCUT2D eigenvalue weighted by atomic mass is 32.1. The van der Waals surface area contributed by atoms with Crippen LogP contribution in [0.15, 0.2) is 10.8 Å². The number of aromatic nitrogens is 2. The Morgan fingerprint density at radius 3 is 1.33 bits per heavy atom. The number of piperazine rings is 2. The van der Waals surface area contributed by atoms with Crippen molar-refractivity contribution < 1.29 is 15.0 Å². The van der Waals surface area contributed by atoms with Crippen molar-refractivity contribution in [2.75, 3.05) is 52.4 Å². The molecular weight excluding hydrogens is 496 g/mol. The van der Waals surface area contributed by atoms with E-state index in [4.69, 9.17) is 0 Å². The van der Waals surface area contributed by atoms with Crippen molar-refractivity contribution in [2.45, 2.75) is 65.1 Å². The number of hydrogen-bond donors (Lipinski definition) is 2. The van der Waals surface area contributed by atoms with Crippen LogP contribution in [0.4, 0.5) is 0 Å². The molecule has 2 fully saturated rings. The van der Waals surface area contributed by atoms with Crippen molar-refractivity contribution in [1.82, 2.24) is 29.6 Å². The summed E-state index contributed by atoms with van der Waals surface area (Å²) in [5.74, 6) is 0.0792. The molecule has 2 unspecified atom stereocenters. The van der Waals surface area contributed by atoms with Crippen molar-refractivity contribution in [3.63, 3.8) is 0 Å². The molecule has 2 saturated heterocycles. The third-order valence-corrected chi connectivity index (χ3v) is 9.10. The molecule has 0 amide bonds. The summed E-state index contributed by atoms with van der Waals surface area (Å²) in [5.41, 5.74) is 1.44. The predicted molar refractivity (Wildman–Crippen MR) is 143 cm³/mol. The summed E-state index contributed by atoms with van der Waals surface area (Å²) >= 11 is 2.80. The van der Waals surface area contributed by atoms with E-state index in [9.17, 15) is 15.0 Å². The lowest BCUT2D eigenvalue weighted by atomic mass is 9.96. The summed E-state index contributed by atoms with van der Waals surface area (Å²) in [6.07, 6.45) is 0. The molecule has 2 N–H and O–H groups in total. The zero-order valence-electron chi connectivity index (χ0n) is 21.8. The smallest absolute Gasteiger partial charge is 0.179 e. The number of aliphatic hydroxyl groups is 2. The lowest BCUT2D eigenvalue weighted by Crippen LogP contribution is -2.54. The van der Waals surface area contributed by atoms with Crippen molar-refractivity contribution >= 4 is 28.5 Å². The Hall–Kier alpha value is -1.31. The molecule has 9 nitrogen and oxygen atoms in total. The van der Waals surface area contributed by atoms with Gasteiger partial charge in [0.05, 0.1) is 24.6 Å². The van der Waals surface area contributed by atoms with E-state index in [1.807, 2.05) is 10.8 Å². The Morgan fingerprint density at radius 2 is 1.06 bits per heavy atom. The van der Waals surface area contributed by atoms with E-state index >= 15 is 0 Å². The Morgan fingerprint density at radius 1 is 0.722 bits per heavy atom. The highest BCUT2D eigenvalue weighted by Gasteiger charge is 2.41. The molecule has 4 heterocycles. The van der Waals surface area contributed by atoms with Crippen LogP contribution in [-0.2, 0) is 18.0 Å². The van der Waals surface area contributed by atoms with Crippen LogP contribution in [0, 0.1) is 0 Å². The van der Waals surface area contributed by atoms with Crippen LogP contribution in [0.25, 0.3) is 0 Å². The summed E-state index contributed by atoms with van der Waals surface area (Å²) in [6, 6.07) is -0.0523. The highest BCUT2D eigenvalue weighted by molar-refractivity contribution is 7.09. The molecule has 36 heavy (non-hydrogen) atoms. The van der Waals surface area contributed by atoms with Gasteiger partial charge in [-0.05, 0) is 27.7 Å². The second-order valence-corrected chi connectivity index (χ2v) is 12.1. The molecule has 0 spiro atoms. The molecule has 2 aromatic heterocycles. The maximum Gasteiger partial charge on any atom is 0.179 e. The molecule has 11 heteroatoms. The van der Waals surface area contributed by atoms with Crippen molar-refractivity contribution in [1.29, 1.82) is 0 Å². The molecule has 0 aliphatic carbocycles. The molecule has 4 rings (SSSR count). The quantitative estimate of drug-likeness (QED) is 0.473. The van der Waals surface area contributed by atoms with Crippen LogP contribution in [0.5, 0.6) is 0 Å². The largest absolute Gasteiger partial charge is 0.389 e. The minimum atomic E-state index is -0.497. The average molecular weight is 537 g/mol. The number of Topliss-reactive ketones (excluding diaryl/α,β-unsaturated/α-hetero) is 1. The topological polar surface area (TPSA) is 96.3 Å². The molecule has 0 saturated carbocycles. The fourth-order valence-electron chi connectivity index (χ4n) is 5.25. The zero-order chi connectivity index (χ0) is 25.8. The molecule has 2 atom stereocenters. The fraction of sp³-hybridized carbons (Fsp3) is 0.720. The van der Waals surface area contributed by atoms with Gasteiger partial charge in [-0.3, -0.25) is 24.4 Å². The number of carbonyl (C=O) groups is 1. The maximum absolute atomic E-state index is 14.6. The third kappa shape index (κ3) is 6.21. The van der Waals surface area contributed by atoms with Crippen molar-refractivity contribution in [2.24, 2.45) is 0 Å². The fourth-order valence-corrected chi connectivity index (χ4v) is 6.59. The van der Waals surface area contributed by atoms with Gasteiger partial charge in [-0.25, -0.2) is 9.97 Å². The first-order chi connectivity index (χ1) is 17.3. The number of thiazole rings is 2. The van der Waals surface area contributed by atoms with Crippen LogP contribution in [0.1, 0.15) is 61.2 Å². The summed E-state index contributed by atoms with van der Waals surface area (Å²) in [7, 11) is 0. The van der Waals surface area contributed by atoms with Crippen molar-refractivity contribution in [3.05, 3.63) is 32.2 Å². The van der Waals surface area contributed by atoms with Gasteiger partial charge < -0.3 is 10.2 Å². The summed E-state index contributed by atoms with van der Waals surface area (Å²) in [4.78, 5) is 33.3. The molecule has 0 radical (unpaired) electrons. The standard InChI is InChI=1S/C25H40N6O3S2/c1-17(2)28-5-9-30(10-6-28)23(19-15-35-21(13-32)26-19)25(34)24(20-16-36-22(14-33)27-20)31-11-7-29(8-12-31)18(3)4/h15-18,23-24,32-33H,5-14H2,1-4H3. The number of ketones is 1. The van der Waals surface area contributed by atoms with Gasteiger partial charge in [-0.15, -0.1) is 22.7 Å². The van der Waals surface area contributed by atoms with Crippen LogP contribution >= 0.6 is 22.7 Å². The van der Waals surface area contributed by atoms with E-state index in [1.165, 1.54) is 22.7 Å². The highest BCUT2D eigenvalue weighted by Crippen LogP contribution is 2.34. The second-order valence-electron chi connectivity index (χ2n) is 10.2. The van der Waals surface area contributed by atoms with Crippen LogP contribution in [0.2, 0.25) is 0 Å². The lowest BCUT2D eigenvalue weighted by Gasteiger charge is -2.43. The van der Waals surface area contributed by atoms with E-state index in [0.717, 1.165) is 63.7 Å². The first-order valence-corrected chi connectivity index (χ1v) is 14.7. The van der Waals surface area contributed by atoms with Crippen molar-refractivity contribution in [3.8, 4) is 0 Å². The maximum atomic E-state index is 14.6. The van der Waals surface area contributed by atoms with Crippen LogP contribution in [-0.4, -0.2) is 110 Å². The van der Waals surface area contributed by atoms with Gasteiger partial charge in [-0.2, -0.15) is 0 Å². The number of nitrogens with zero attached hydrogens (tertiary/aromatic N) is 6. The minimum Gasteiger partial charge on any atom is -0.389 e. The molecular formula is C25H40N6O3S2. The minimum absolute atomic E-state index is 0.0792. The van der Waals surface area contributed by atoms with E-state index in [2.05, 4.69) is 57.3 Å². The molecule has 0 bridgehead atoms. The lowest BCUT2D eigenvalue weighted by molar-refractivity contribution is -0.132. The van der Waals surface area contributed by atoms with Gasteiger partial charge in [0.25, 0.3) is 0 Å². The SMILES string of the molecule is CC(C)N1CCN(C(C(=O)C(c2csc(CO)n2)N2CCN(C(C)C)CC2)c2csc(CO)n2)CC1. The van der Waals surface area contributed by atoms with Gasteiger partial charge in [0.1, 0.15) is 22.1 Å². The second kappa shape index (κ2) is 12.5. The number of rotatable bonds is 10. The van der Waals surface area contributed by atoms with E-state index < -0.39 is 12.1 Å². The van der Waals surface area contributed by atoms with E-state index in [0.29, 0.717) is 22.1 Å². The summed E-state index contributed by atoms with van der Waals surface area (Å²) in [6.45, 7) is 15.3. The molecule has 2 aliphatic rings. The molecule has 0 aromatic carbocycles. The monoisotopic (exact) mass is 536 g/mol. The molecule has 200 valence electrons. The normalized spacial score (nSPS) is 20.9. The number of aliphatic hydroxyl groups excluding tert-OH is 2. The first kappa shape index (κ1) is 27.7. The molecule has 2 aliphatic heterocycles. The van der Waals surface area contributed by atoms with Gasteiger partial charge >= 0.3 is 0 Å². The van der Waals surface area contributed by atoms with Gasteiger partial charge in [0.2, 0.25) is 0 Å². The number of carbonyl (C=O) groups excluding carboxylic acids is 1. The van der Waals surface area contributed by atoms with E-state index in [-0.39, 0.29) is 19.0 Å². The Kier molecular flexibility index (Phi) is 9.62. The average Bonchev–Trinajstić information content (AvgIpc) is 3.55. The Balaban J connectivity index is 1.66. The van der Waals surface area contributed by atoms with Crippen LogP contribution in [0.3, 0.4) is 0 Å². The van der Waals surface area contributed by atoms with Gasteiger partial charge in [0, 0.05) is 75.2 Å². The predicted octanol–water partition coefficient (Wildman–Crippen LogP) is 1.99. The van der Waals surface area contributed by atoms with Crippen LogP contribution < -0.4 is 0 Å².